The lowest BCUT2D eigenvalue weighted by Gasteiger charge is -2.28. The molecule has 1 aliphatic heterocycles. The van der Waals surface area contributed by atoms with Gasteiger partial charge in [0.1, 0.15) is 29.7 Å². The van der Waals surface area contributed by atoms with Crippen molar-refractivity contribution in [3.63, 3.8) is 0 Å². The van der Waals surface area contributed by atoms with E-state index in [4.69, 9.17) is 33.5 Å². The first-order valence-corrected chi connectivity index (χ1v) is 15.0. The van der Waals surface area contributed by atoms with Crippen LogP contribution >= 0.6 is 19.8 Å². The molecule has 1 aliphatic carbocycles. The molecule has 4 rings (SSSR count). The summed E-state index contributed by atoms with van der Waals surface area (Å²) in [5.74, 6) is -1.48. The molecule has 11 nitrogen and oxygen atoms in total. The van der Waals surface area contributed by atoms with Gasteiger partial charge < -0.3 is 24.2 Å². The molecule has 2 aliphatic rings. The van der Waals surface area contributed by atoms with Crippen LogP contribution in [0, 0.1) is 10.7 Å². The highest BCUT2D eigenvalue weighted by Gasteiger charge is 2.53. The monoisotopic (exact) mass is 584 g/mol. The third-order valence-corrected chi connectivity index (χ3v) is 8.98. The molecule has 3 N–H and O–H groups in total. The fourth-order valence-electron chi connectivity index (χ4n) is 4.60. The average Bonchev–Trinajstić information content (AvgIpc) is 3.14. The number of carbonyl (C=O) groups excluding carboxylic acids is 1. The van der Waals surface area contributed by atoms with E-state index < -0.39 is 61.8 Å². The molecular weight excluding hydrogens is 547 g/mol. The highest BCUT2D eigenvalue weighted by atomic mass is 32.1. The van der Waals surface area contributed by atoms with Crippen LogP contribution in [0.5, 0.6) is 5.75 Å². The SMILES string of the molecule is [2H]C([2H])(O[P@](=O)(C[C@@H](C)C(=O)OC1CCCCC1)Oc1ccccc1)[C@H]1O[C@@H](n2ccc(=O)[nH]c2=S)C(C)(O)[C@H]1O. The summed E-state index contributed by atoms with van der Waals surface area (Å²) < 4.78 is 54.9. The summed E-state index contributed by atoms with van der Waals surface area (Å²) in [5.41, 5.74) is -2.62. The summed E-state index contributed by atoms with van der Waals surface area (Å²) in [6, 6.07) is 9.06. The zero-order chi connectivity index (χ0) is 30.0. The number of hydrogen-bond acceptors (Lipinski definition) is 10. The number of nitrogens with zero attached hydrogens (tertiary/aromatic N) is 1. The Hall–Kier alpha value is -2.34. The summed E-state index contributed by atoms with van der Waals surface area (Å²) in [7, 11) is -4.48. The van der Waals surface area contributed by atoms with Gasteiger partial charge in [0, 0.05) is 12.3 Å². The molecular formula is C26H35N2O9PS. The number of benzene rings is 1. The van der Waals surface area contributed by atoms with Crippen LogP contribution in [-0.2, 0) is 23.4 Å². The molecule has 214 valence electrons. The zero-order valence-corrected chi connectivity index (χ0v) is 23.4. The maximum absolute atomic E-state index is 14.1. The number of aromatic nitrogens is 2. The van der Waals surface area contributed by atoms with Crippen molar-refractivity contribution >= 4 is 25.8 Å². The van der Waals surface area contributed by atoms with Gasteiger partial charge in [0.15, 0.2) is 11.0 Å². The fraction of sp³-hybridized carbons (Fsp3) is 0.577. The molecule has 2 heterocycles. The molecule has 0 amide bonds. The van der Waals surface area contributed by atoms with Gasteiger partial charge in [-0.3, -0.25) is 23.7 Å². The molecule has 1 saturated carbocycles. The minimum absolute atomic E-state index is 0.108. The predicted molar refractivity (Wildman–Crippen MR) is 144 cm³/mol. The van der Waals surface area contributed by atoms with Gasteiger partial charge in [-0.2, -0.15) is 0 Å². The molecule has 1 aromatic carbocycles. The van der Waals surface area contributed by atoms with Crippen molar-refractivity contribution in [3.05, 3.63) is 57.7 Å². The Kier molecular flexibility index (Phi) is 8.57. The minimum Gasteiger partial charge on any atom is -0.462 e. The Bertz CT molecular complexity index is 1380. The number of esters is 1. The van der Waals surface area contributed by atoms with Gasteiger partial charge in [-0.15, -0.1) is 0 Å². The standard InChI is InChI=1S/C26H35N2O9PS/c1-17(23(31)35-18-9-5-3-6-10-18)16-38(33,37-19-11-7-4-8-12-19)34-15-20-22(30)26(2,32)24(36-20)28-14-13-21(29)27-25(28)39/h4,7-8,11-14,17-18,20,22,24,30,32H,3,5-6,9-10,15-16H2,1-2H3,(H,27,29,39)/t17-,20-,22+,24-,26?,38-/m1/s1/i15D2. The lowest BCUT2D eigenvalue weighted by Crippen LogP contribution is -2.44. The maximum Gasteiger partial charge on any atom is 0.380 e. The molecule has 0 radical (unpaired) electrons. The molecule has 1 aromatic heterocycles. The maximum atomic E-state index is 14.1. The predicted octanol–water partition coefficient (Wildman–Crippen LogP) is 3.72. The van der Waals surface area contributed by atoms with E-state index in [1.165, 1.54) is 32.2 Å². The molecule has 2 aromatic rings. The van der Waals surface area contributed by atoms with Crippen molar-refractivity contribution in [2.45, 2.75) is 76.1 Å². The Labute approximate surface area is 234 Å². The second-order valence-electron chi connectivity index (χ2n) is 10.1. The number of carbonyl (C=O) groups is 1. The first kappa shape index (κ1) is 26.9. The number of H-pyrrole nitrogens is 1. The average molecular weight is 585 g/mol. The third kappa shape index (κ3) is 7.25. The number of ether oxygens (including phenoxy) is 2. The van der Waals surface area contributed by atoms with Crippen molar-refractivity contribution < 1.29 is 40.8 Å². The van der Waals surface area contributed by atoms with Crippen LogP contribution in [0.15, 0.2) is 47.4 Å². The number of para-hydroxylation sites is 1. The van der Waals surface area contributed by atoms with Crippen LogP contribution in [0.1, 0.15) is 54.9 Å². The van der Waals surface area contributed by atoms with Crippen LogP contribution in [0.2, 0.25) is 0 Å². The van der Waals surface area contributed by atoms with Gasteiger partial charge in [0.2, 0.25) is 0 Å². The third-order valence-electron chi connectivity index (χ3n) is 6.80. The van der Waals surface area contributed by atoms with E-state index in [1.54, 1.807) is 18.2 Å². The van der Waals surface area contributed by atoms with E-state index in [0.29, 0.717) is 0 Å². The number of aromatic amines is 1. The van der Waals surface area contributed by atoms with Crippen LogP contribution in [-0.4, -0.2) is 62.4 Å². The molecule has 6 atom stereocenters. The Morgan fingerprint density at radius 3 is 2.67 bits per heavy atom. The van der Waals surface area contributed by atoms with Gasteiger partial charge in [0.05, 0.1) is 21.4 Å². The van der Waals surface area contributed by atoms with Crippen LogP contribution in [0.4, 0.5) is 0 Å². The van der Waals surface area contributed by atoms with Crippen molar-refractivity contribution in [2.75, 3.05) is 12.7 Å². The summed E-state index contributed by atoms with van der Waals surface area (Å²) in [6.07, 6.45) is -0.289. The van der Waals surface area contributed by atoms with E-state index in [-0.39, 0.29) is 16.6 Å². The summed E-state index contributed by atoms with van der Waals surface area (Å²) >= 11 is 5.14. The van der Waals surface area contributed by atoms with Crippen LogP contribution in [0.3, 0.4) is 0 Å². The Morgan fingerprint density at radius 2 is 2.00 bits per heavy atom. The number of nitrogens with one attached hydrogen (secondary N) is 1. The van der Waals surface area contributed by atoms with E-state index in [2.05, 4.69) is 4.98 Å². The van der Waals surface area contributed by atoms with Crippen LogP contribution in [0.25, 0.3) is 0 Å². The van der Waals surface area contributed by atoms with E-state index >= 15 is 0 Å². The van der Waals surface area contributed by atoms with Crippen molar-refractivity contribution in [3.8, 4) is 5.75 Å². The topological polar surface area (TPSA) is 149 Å². The number of aliphatic hydroxyl groups is 2. The molecule has 0 bridgehead atoms. The van der Waals surface area contributed by atoms with Gasteiger partial charge >= 0.3 is 13.6 Å². The van der Waals surface area contributed by atoms with Crippen molar-refractivity contribution in [1.29, 1.82) is 0 Å². The van der Waals surface area contributed by atoms with Crippen molar-refractivity contribution in [1.82, 2.24) is 9.55 Å². The van der Waals surface area contributed by atoms with Gasteiger partial charge in [0.25, 0.3) is 5.56 Å². The molecule has 1 saturated heterocycles. The highest BCUT2D eigenvalue weighted by Crippen LogP contribution is 2.51. The molecule has 39 heavy (non-hydrogen) atoms. The normalized spacial score (nSPS) is 29.1. The lowest BCUT2D eigenvalue weighted by atomic mass is 9.96. The largest absolute Gasteiger partial charge is 0.462 e. The van der Waals surface area contributed by atoms with Crippen LogP contribution < -0.4 is 10.1 Å². The molecule has 1 unspecified atom stereocenters. The second kappa shape index (κ2) is 12.4. The first-order valence-electron chi connectivity index (χ1n) is 13.8. The summed E-state index contributed by atoms with van der Waals surface area (Å²) in [4.78, 5) is 26.9. The Balaban J connectivity index is 1.58. The van der Waals surface area contributed by atoms with Gasteiger partial charge in [-0.05, 0) is 57.0 Å². The second-order valence-corrected chi connectivity index (χ2v) is 12.4. The molecule has 0 spiro atoms. The van der Waals surface area contributed by atoms with Gasteiger partial charge in [-0.25, -0.2) is 4.57 Å². The van der Waals surface area contributed by atoms with E-state index in [9.17, 15) is 24.4 Å². The minimum atomic E-state index is -4.48. The number of rotatable bonds is 10. The lowest BCUT2D eigenvalue weighted by molar-refractivity contribution is -0.154. The van der Waals surface area contributed by atoms with Gasteiger partial charge in [-0.1, -0.05) is 31.5 Å². The quantitative estimate of drug-likeness (QED) is 0.214. The summed E-state index contributed by atoms with van der Waals surface area (Å²) in [6.45, 7) is -0.306. The molecule has 13 heteroatoms. The summed E-state index contributed by atoms with van der Waals surface area (Å²) in [5, 5.41) is 22.0. The molecule has 2 fully saturated rings. The van der Waals surface area contributed by atoms with E-state index in [1.807, 2.05) is 0 Å². The fourth-order valence-corrected chi connectivity index (χ4v) is 6.57. The first-order chi connectivity index (χ1) is 19.2. The highest BCUT2D eigenvalue weighted by molar-refractivity contribution is 7.71. The van der Waals surface area contributed by atoms with Crippen molar-refractivity contribution in [2.24, 2.45) is 5.92 Å². The van der Waals surface area contributed by atoms with E-state index in [0.717, 1.165) is 42.7 Å². The number of hydrogen-bond donors (Lipinski definition) is 3. The zero-order valence-electron chi connectivity index (χ0n) is 23.7. The Morgan fingerprint density at radius 1 is 1.31 bits per heavy atom. The number of aliphatic hydroxyl groups excluding tert-OH is 1. The smallest absolute Gasteiger partial charge is 0.380 e.